The number of nitrogens with one attached hydrogen (secondary N) is 3. The van der Waals surface area contributed by atoms with E-state index in [2.05, 4.69) is 56.0 Å². The number of carbonyl (C=O) groups excluding carboxylic acids is 1. The van der Waals surface area contributed by atoms with Crippen molar-refractivity contribution in [2.24, 2.45) is 5.41 Å². The Morgan fingerprint density at radius 1 is 0.917 bits per heavy atom. The normalized spacial score (nSPS) is 25.1. The van der Waals surface area contributed by atoms with E-state index in [9.17, 15) is 23.3 Å². The molecule has 18 nitrogen and oxygen atoms in total. The number of aryl methyl sites for hydroxylation is 1. The van der Waals surface area contributed by atoms with Crippen molar-refractivity contribution in [3.05, 3.63) is 99.7 Å². The summed E-state index contributed by atoms with van der Waals surface area (Å²) in [5.74, 6) is -0.742. The van der Waals surface area contributed by atoms with Gasteiger partial charge in [-0.15, -0.1) is 0 Å². The van der Waals surface area contributed by atoms with Crippen molar-refractivity contribution >= 4 is 55.4 Å². The lowest BCUT2D eigenvalue weighted by atomic mass is 9.59. The minimum Gasteiger partial charge on any atom is -0.489 e. The molecule has 2 aromatic heterocycles. The maximum absolute atomic E-state index is 16.0. The number of nitro benzene ring substituents is 1. The number of hydrogen-bond donors (Lipinski definition) is 3. The molecule has 1 spiro atoms. The van der Waals surface area contributed by atoms with E-state index < -0.39 is 49.3 Å². The number of pyridine rings is 1. The topological polar surface area (TPSA) is 203 Å². The fourth-order valence-electron chi connectivity index (χ4n) is 12.4. The van der Waals surface area contributed by atoms with Gasteiger partial charge in [-0.25, -0.2) is 17.5 Å². The summed E-state index contributed by atoms with van der Waals surface area (Å²) in [6.07, 6.45) is 7.31. The Morgan fingerprint density at radius 2 is 1.72 bits per heavy atom. The van der Waals surface area contributed by atoms with Crippen LogP contribution in [-0.2, 0) is 24.2 Å². The number of rotatable bonds is 9. The Labute approximate surface area is 416 Å². The number of H-pyrrole nitrogens is 1. The number of amides is 1. The molecular weight excluding hydrogens is 948 g/mol. The van der Waals surface area contributed by atoms with Crippen LogP contribution < -0.4 is 29.3 Å². The van der Waals surface area contributed by atoms with Crippen molar-refractivity contribution in [2.75, 3.05) is 81.0 Å². The number of piperidine rings is 1. The Kier molecular flexibility index (Phi) is 12.0. The first kappa shape index (κ1) is 47.0. The number of anilines is 4. The van der Waals surface area contributed by atoms with Gasteiger partial charge in [-0.1, -0.05) is 24.3 Å². The molecule has 8 heterocycles. The third-order valence-electron chi connectivity index (χ3n) is 16.5. The van der Waals surface area contributed by atoms with Crippen LogP contribution in [0.4, 0.5) is 32.8 Å². The van der Waals surface area contributed by atoms with Crippen molar-refractivity contribution in [1.82, 2.24) is 19.6 Å². The Hall–Kier alpha value is -6.06. The lowest BCUT2D eigenvalue weighted by Crippen LogP contribution is -2.56. The molecule has 3 N–H and O–H groups in total. The molecule has 1 saturated carbocycles. The summed E-state index contributed by atoms with van der Waals surface area (Å²) in [5, 5.41) is 16.3. The molecule has 0 radical (unpaired) electrons. The highest BCUT2D eigenvalue weighted by molar-refractivity contribution is 7.90. The van der Waals surface area contributed by atoms with Crippen LogP contribution in [0.25, 0.3) is 11.0 Å². The molecule has 3 aromatic carbocycles. The highest BCUT2D eigenvalue weighted by Gasteiger charge is 2.50. The predicted octanol–water partition coefficient (Wildman–Crippen LogP) is 7.49. The Balaban J connectivity index is 0.844. The number of nitro groups is 1. The van der Waals surface area contributed by atoms with Crippen LogP contribution in [0.3, 0.4) is 0 Å². The van der Waals surface area contributed by atoms with Gasteiger partial charge in [-0.2, -0.15) is 4.98 Å². The summed E-state index contributed by atoms with van der Waals surface area (Å²) in [6.45, 7) is 7.18. The SMILES string of the molecule is Cc1ccccc1[C@@H]1COCCCN1C1CC2(CCN(c3ccc(C(=O)NS(=O)(=O)c4cc5c(c([N+](=O)[O-])c4)N[C@@H](C4(F)CCOCC4)CO5)c(N4c5cc6cc[nH]c6nc5O[C@H]5COCC[C@@H]54)c3)CC2)C1. The third kappa shape index (κ3) is 8.47. The molecule has 4 atom stereocenters. The van der Waals surface area contributed by atoms with E-state index in [0.29, 0.717) is 48.6 Å². The molecule has 12 rings (SSSR count). The average Bonchev–Trinajstić information content (AvgIpc) is 3.70. The summed E-state index contributed by atoms with van der Waals surface area (Å²) in [4.78, 5) is 41.1. The molecule has 5 fully saturated rings. The summed E-state index contributed by atoms with van der Waals surface area (Å²) in [6, 6.07) is 19.5. The number of ether oxygens (including phenoxy) is 5. The number of carbonyl (C=O) groups is 1. The molecular formula is C52H59FN8O10S. The number of aromatic amines is 1. The van der Waals surface area contributed by atoms with Crippen molar-refractivity contribution in [3.63, 3.8) is 0 Å². The highest BCUT2D eigenvalue weighted by atomic mass is 32.2. The van der Waals surface area contributed by atoms with Gasteiger partial charge in [-0.05, 0) is 92.3 Å². The second kappa shape index (κ2) is 18.5. The van der Waals surface area contributed by atoms with Gasteiger partial charge >= 0.3 is 0 Å². The first-order valence-corrected chi connectivity index (χ1v) is 26.7. The van der Waals surface area contributed by atoms with Crippen LogP contribution in [0.1, 0.15) is 78.9 Å². The van der Waals surface area contributed by atoms with E-state index in [0.717, 1.165) is 81.6 Å². The first-order chi connectivity index (χ1) is 34.9. The molecule has 0 bridgehead atoms. The number of alkyl halides is 1. The summed E-state index contributed by atoms with van der Waals surface area (Å²) < 4.78 is 76.7. The number of halogens is 1. The summed E-state index contributed by atoms with van der Waals surface area (Å²) in [5.41, 5.74) is 2.98. The molecule has 20 heteroatoms. The van der Waals surface area contributed by atoms with Crippen molar-refractivity contribution in [2.45, 2.75) is 99.1 Å². The zero-order valence-electron chi connectivity index (χ0n) is 40.1. The predicted molar refractivity (Wildman–Crippen MR) is 266 cm³/mol. The quantitative estimate of drug-likeness (QED) is 0.0968. The Morgan fingerprint density at radius 3 is 2.53 bits per heavy atom. The maximum atomic E-state index is 16.0. The van der Waals surface area contributed by atoms with Crippen LogP contribution >= 0.6 is 0 Å². The van der Waals surface area contributed by atoms with E-state index in [1.165, 1.54) is 11.1 Å². The van der Waals surface area contributed by atoms with Gasteiger partial charge in [0.1, 0.15) is 29.7 Å². The van der Waals surface area contributed by atoms with Crippen LogP contribution in [0, 0.1) is 22.5 Å². The van der Waals surface area contributed by atoms with Crippen molar-refractivity contribution in [1.29, 1.82) is 0 Å². The smallest absolute Gasteiger partial charge is 0.297 e. The van der Waals surface area contributed by atoms with Gasteiger partial charge < -0.3 is 43.8 Å². The van der Waals surface area contributed by atoms with Gasteiger partial charge in [0.2, 0.25) is 5.88 Å². The molecule has 1 aliphatic carbocycles. The zero-order chi connectivity index (χ0) is 49.4. The number of nitrogens with zero attached hydrogens (tertiary/aromatic N) is 5. The van der Waals surface area contributed by atoms with Crippen LogP contribution in [0.5, 0.6) is 11.6 Å². The van der Waals surface area contributed by atoms with Gasteiger partial charge in [-0.3, -0.25) is 19.8 Å². The van der Waals surface area contributed by atoms with Crippen LogP contribution in [0.15, 0.2) is 77.8 Å². The largest absolute Gasteiger partial charge is 0.489 e. The van der Waals surface area contributed by atoms with Gasteiger partial charge in [0.15, 0.2) is 11.4 Å². The second-order valence-corrected chi connectivity index (χ2v) is 22.3. The molecule has 72 heavy (non-hydrogen) atoms. The van der Waals surface area contributed by atoms with Crippen molar-refractivity contribution < 1.29 is 46.2 Å². The lowest BCUT2D eigenvalue weighted by Gasteiger charge is -2.56. The number of hydrogen-bond acceptors (Lipinski definition) is 15. The summed E-state index contributed by atoms with van der Waals surface area (Å²) >= 11 is 0. The van der Waals surface area contributed by atoms with Gasteiger partial charge in [0.05, 0.1) is 52.4 Å². The number of aromatic nitrogens is 2. The third-order valence-corrected chi connectivity index (χ3v) is 17.8. The second-order valence-electron chi connectivity index (χ2n) is 20.6. The van der Waals surface area contributed by atoms with Crippen molar-refractivity contribution in [3.8, 4) is 11.6 Å². The fourth-order valence-corrected chi connectivity index (χ4v) is 13.4. The molecule has 1 amide bonds. The van der Waals surface area contributed by atoms with Crippen LogP contribution in [-0.4, -0.2) is 130 Å². The summed E-state index contributed by atoms with van der Waals surface area (Å²) in [7, 11) is -4.78. The number of benzene rings is 3. The monoisotopic (exact) mass is 1010 g/mol. The van der Waals surface area contributed by atoms with E-state index in [4.69, 9.17) is 28.7 Å². The van der Waals surface area contributed by atoms with E-state index in [-0.39, 0.29) is 73.8 Å². The lowest BCUT2D eigenvalue weighted by molar-refractivity contribution is -0.384. The van der Waals surface area contributed by atoms with Crippen LogP contribution in [0.2, 0.25) is 0 Å². The molecule has 6 aliphatic heterocycles. The van der Waals surface area contributed by atoms with E-state index >= 15 is 4.39 Å². The number of fused-ring (bicyclic) bond motifs is 4. The number of sulfonamides is 1. The molecule has 0 unspecified atom stereocenters. The Bertz CT molecular complexity index is 3020. The molecule has 7 aliphatic rings. The van der Waals surface area contributed by atoms with E-state index in [1.54, 1.807) is 12.3 Å². The van der Waals surface area contributed by atoms with Gasteiger partial charge in [0.25, 0.3) is 21.6 Å². The zero-order valence-corrected chi connectivity index (χ0v) is 41.0. The minimum absolute atomic E-state index is 0.0625. The van der Waals surface area contributed by atoms with Gasteiger partial charge in [0, 0.05) is 94.3 Å². The fraction of sp³-hybridized carbons (Fsp3) is 0.500. The first-order valence-electron chi connectivity index (χ1n) is 25.2. The highest BCUT2D eigenvalue weighted by Crippen LogP contribution is 2.54. The standard InChI is InChI=1S/C52H59FN8O10S/c1-32-5-2-3-6-37(32)43-29-68-19-4-16-59(43)35-27-51(28-35)11-17-58(18-12-51)34-7-8-38(40(24-34)60-39-10-20-69-30-45(39)71-50-42(60)23-33-9-15-54-48(33)56-50)49(62)57-72(65,66)36-25-41(61(63)64)47-44(26-36)70-31-46(55-47)52(53)13-21-67-22-14-52/h2-3,5-9,15,23-26,35,39,43,45-46,55H,4,10-14,16-22,27-31H2,1H3,(H,54,56)(H,57,62)/t39-,43-,45-,46+/m0/s1. The molecule has 380 valence electrons. The average molecular weight is 1010 g/mol. The molecule has 5 aromatic rings. The molecule has 4 saturated heterocycles. The minimum atomic E-state index is -4.78. The van der Waals surface area contributed by atoms with E-state index in [1.807, 2.05) is 29.2 Å². The maximum Gasteiger partial charge on any atom is 0.297 e.